The van der Waals surface area contributed by atoms with Crippen molar-refractivity contribution in [3.63, 3.8) is 0 Å². The van der Waals surface area contributed by atoms with Crippen LogP contribution >= 0.6 is 0 Å². The summed E-state index contributed by atoms with van der Waals surface area (Å²) in [4.78, 5) is 0. The first-order valence-corrected chi connectivity index (χ1v) is 4.53. The minimum absolute atomic E-state index is 0.00528. The molecule has 0 aromatic heterocycles. The summed E-state index contributed by atoms with van der Waals surface area (Å²) in [7, 11) is 0. The van der Waals surface area contributed by atoms with E-state index in [2.05, 4.69) is 0 Å². The average Bonchev–Trinajstić information content (AvgIpc) is 2.87. The van der Waals surface area contributed by atoms with Crippen LogP contribution in [0.1, 0.15) is 12.8 Å². The molecule has 76 valence electrons. The highest BCUT2D eigenvalue weighted by Gasteiger charge is 2.31. The van der Waals surface area contributed by atoms with Gasteiger partial charge in [0.1, 0.15) is 0 Å². The van der Waals surface area contributed by atoms with Gasteiger partial charge in [0.15, 0.2) is 0 Å². The molecule has 1 saturated carbocycles. The van der Waals surface area contributed by atoms with Gasteiger partial charge >= 0.3 is 6.98 Å². The predicted molar refractivity (Wildman–Crippen MR) is 48.8 cm³/mol. The predicted octanol–water partition coefficient (Wildman–Crippen LogP) is 2.28. The molecular weight excluding hydrogens is 192 g/mol. The molecule has 0 amide bonds. The van der Waals surface area contributed by atoms with Crippen molar-refractivity contribution in [1.29, 1.82) is 0 Å². The second-order valence-electron chi connectivity index (χ2n) is 3.43. The first kappa shape index (κ1) is 9.43. The molecule has 0 unspecified atom stereocenters. The van der Waals surface area contributed by atoms with Gasteiger partial charge in [-0.3, -0.25) is 0 Å². The summed E-state index contributed by atoms with van der Waals surface area (Å²) < 4.78 is 42.7. The van der Waals surface area contributed by atoms with Crippen molar-refractivity contribution in [1.82, 2.24) is 0 Å². The van der Waals surface area contributed by atoms with E-state index in [1.807, 2.05) is 0 Å². The molecule has 1 aliphatic rings. The summed E-state index contributed by atoms with van der Waals surface area (Å²) in [6, 6.07) is 5.38. The number of halogens is 3. The second kappa shape index (κ2) is 3.22. The molecule has 0 atom stereocenters. The molecule has 1 aromatic carbocycles. The van der Waals surface area contributed by atoms with Crippen molar-refractivity contribution in [2.75, 3.05) is 0 Å². The molecule has 0 radical (unpaired) electrons. The second-order valence-corrected chi connectivity index (χ2v) is 3.43. The largest absolute Gasteiger partial charge is 0.513 e. The van der Waals surface area contributed by atoms with E-state index in [0.717, 1.165) is 18.9 Å². The van der Waals surface area contributed by atoms with Gasteiger partial charge in [0.25, 0.3) is 0 Å². The Kier molecular flexibility index (Phi) is 2.17. The van der Waals surface area contributed by atoms with Crippen LogP contribution in [-0.4, -0.2) is 13.1 Å². The molecule has 0 N–H and O–H groups in total. The number of para-hydroxylation sites is 1. The van der Waals surface area contributed by atoms with Gasteiger partial charge in [-0.15, -0.1) is 0 Å². The Morgan fingerprint density at radius 3 is 2.36 bits per heavy atom. The first-order chi connectivity index (χ1) is 6.57. The summed E-state index contributed by atoms with van der Waals surface area (Å²) in [6.07, 6.45) is 1.72. The summed E-state index contributed by atoms with van der Waals surface area (Å²) >= 11 is 0. The zero-order valence-electron chi connectivity index (χ0n) is 7.42. The van der Waals surface area contributed by atoms with Crippen LogP contribution in [-0.2, 0) is 0 Å². The van der Waals surface area contributed by atoms with Crippen LogP contribution in [0.2, 0.25) is 0 Å². The Labute approximate surface area is 79.9 Å². The zero-order chi connectivity index (χ0) is 10.2. The van der Waals surface area contributed by atoms with Crippen LogP contribution in [0.15, 0.2) is 24.3 Å². The molecule has 0 spiro atoms. The van der Waals surface area contributed by atoms with E-state index in [1.54, 1.807) is 6.07 Å². The number of benzene rings is 1. The van der Waals surface area contributed by atoms with E-state index in [0.29, 0.717) is 0 Å². The van der Waals surface area contributed by atoms with Crippen molar-refractivity contribution >= 4 is 12.4 Å². The third kappa shape index (κ3) is 2.03. The van der Waals surface area contributed by atoms with Gasteiger partial charge in [0, 0.05) is 0 Å². The van der Waals surface area contributed by atoms with Crippen LogP contribution in [0.5, 0.6) is 5.75 Å². The molecule has 14 heavy (non-hydrogen) atoms. The van der Waals surface area contributed by atoms with Crippen molar-refractivity contribution < 1.29 is 17.7 Å². The summed E-state index contributed by atoms with van der Waals surface area (Å²) in [5.41, 5.74) is -0.626. The maximum absolute atomic E-state index is 12.5. The van der Waals surface area contributed by atoms with Crippen molar-refractivity contribution in [3.05, 3.63) is 24.3 Å². The molecular formula is C9H9BF3O-. The number of hydrogen-bond donors (Lipinski definition) is 0. The van der Waals surface area contributed by atoms with E-state index in [1.165, 1.54) is 12.1 Å². The van der Waals surface area contributed by atoms with Gasteiger partial charge in [-0.1, -0.05) is 23.7 Å². The van der Waals surface area contributed by atoms with Crippen LogP contribution in [0.4, 0.5) is 12.9 Å². The molecule has 1 fully saturated rings. The molecule has 1 nitrogen and oxygen atoms in total. The molecule has 1 aliphatic carbocycles. The minimum Gasteiger partial charge on any atom is -0.493 e. The molecule has 0 bridgehead atoms. The molecule has 1 aromatic rings. The summed E-state index contributed by atoms with van der Waals surface area (Å²) in [6.45, 7) is -4.96. The fourth-order valence-corrected chi connectivity index (χ4v) is 1.22. The van der Waals surface area contributed by atoms with E-state index in [-0.39, 0.29) is 11.9 Å². The normalized spacial score (nSPS) is 16.8. The summed E-state index contributed by atoms with van der Waals surface area (Å²) in [5, 5.41) is 0. The third-order valence-corrected chi connectivity index (χ3v) is 2.09. The van der Waals surface area contributed by atoms with Crippen LogP contribution in [0.25, 0.3) is 0 Å². The highest BCUT2D eigenvalue weighted by molar-refractivity contribution is 6.74. The SMILES string of the molecule is F[B-](F)(F)c1ccccc1OC1CC1. The maximum Gasteiger partial charge on any atom is 0.513 e. The first-order valence-electron chi connectivity index (χ1n) is 4.53. The van der Waals surface area contributed by atoms with Crippen molar-refractivity contribution in [2.24, 2.45) is 0 Å². The lowest BCUT2D eigenvalue weighted by atomic mass is 9.79. The fraction of sp³-hybridized carbons (Fsp3) is 0.333. The van der Waals surface area contributed by atoms with Crippen molar-refractivity contribution in [2.45, 2.75) is 18.9 Å². The number of hydrogen-bond acceptors (Lipinski definition) is 1. The molecule has 0 heterocycles. The molecule has 5 heteroatoms. The van der Waals surface area contributed by atoms with Crippen LogP contribution in [0, 0.1) is 0 Å². The highest BCUT2D eigenvalue weighted by atomic mass is 19.4. The molecule has 0 saturated heterocycles. The minimum atomic E-state index is -4.96. The van der Waals surface area contributed by atoms with E-state index in [4.69, 9.17) is 4.74 Å². The average molecular weight is 201 g/mol. The topological polar surface area (TPSA) is 9.23 Å². The van der Waals surface area contributed by atoms with Crippen LogP contribution in [0.3, 0.4) is 0 Å². The van der Waals surface area contributed by atoms with Gasteiger partial charge in [-0.25, -0.2) is 0 Å². The number of ether oxygens (including phenoxy) is 1. The van der Waals surface area contributed by atoms with Crippen molar-refractivity contribution in [3.8, 4) is 5.75 Å². The molecule has 2 rings (SSSR count). The molecule has 0 aliphatic heterocycles. The summed E-state index contributed by atoms with van der Waals surface area (Å²) in [5.74, 6) is -0.0255. The third-order valence-electron chi connectivity index (χ3n) is 2.09. The van der Waals surface area contributed by atoms with Crippen LogP contribution < -0.4 is 10.2 Å². The van der Waals surface area contributed by atoms with Gasteiger partial charge in [0.05, 0.1) is 11.9 Å². The maximum atomic E-state index is 12.5. The van der Waals surface area contributed by atoms with Gasteiger partial charge < -0.3 is 17.7 Å². The van der Waals surface area contributed by atoms with E-state index < -0.39 is 12.4 Å². The Balaban J connectivity index is 2.27. The Morgan fingerprint density at radius 1 is 1.14 bits per heavy atom. The lowest BCUT2D eigenvalue weighted by Crippen LogP contribution is -2.35. The lowest BCUT2D eigenvalue weighted by Gasteiger charge is -2.19. The van der Waals surface area contributed by atoms with E-state index >= 15 is 0 Å². The fourth-order valence-electron chi connectivity index (χ4n) is 1.22. The lowest BCUT2D eigenvalue weighted by molar-refractivity contribution is 0.304. The Bertz CT molecular complexity index is 333. The quantitative estimate of drug-likeness (QED) is 0.681. The van der Waals surface area contributed by atoms with E-state index in [9.17, 15) is 12.9 Å². The smallest absolute Gasteiger partial charge is 0.493 e. The standard InChI is InChI=1S/C9H9BF3O/c11-10(12,13)8-3-1-2-4-9(8)14-7-5-6-7/h1-4,7H,5-6H2/q-1. The van der Waals surface area contributed by atoms with Gasteiger partial charge in [-0.2, -0.15) is 0 Å². The van der Waals surface area contributed by atoms with Gasteiger partial charge in [-0.05, 0) is 18.9 Å². The monoisotopic (exact) mass is 201 g/mol. The zero-order valence-corrected chi connectivity index (χ0v) is 7.42. The Hall–Kier alpha value is -1.13. The highest BCUT2D eigenvalue weighted by Crippen LogP contribution is 2.27. The van der Waals surface area contributed by atoms with Gasteiger partial charge in [0.2, 0.25) is 0 Å². The Morgan fingerprint density at radius 2 is 1.79 bits per heavy atom. The number of rotatable bonds is 3.